The number of anilines is 2. The third kappa shape index (κ3) is 4.88. The number of rotatable bonds is 7. The molecule has 0 radical (unpaired) electrons. The second-order valence-corrected chi connectivity index (χ2v) is 8.98. The number of carbonyl (C=O) groups is 1. The van der Waals surface area contributed by atoms with Gasteiger partial charge in [-0.05, 0) is 42.5 Å². The van der Waals surface area contributed by atoms with Crippen LogP contribution in [-0.4, -0.2) is 45.8 Å². The van der Waals surface area contributed by atoms with E-state index < -0.39 is 10.0 Å². The first-order valence-corrected chi connectivity index (χ1v) is 10.8. The molecule has 146 valence electrons. The van der Waals surface area contributed by atoms with E-state index in [-0.39, 0.29) is 10.8 Å². The summed E-state index contributed by atoms with van der Waals surface area (Å²) in [5, 5.41) is 2.84. The molecule has 2 aromatic carbocycles. The number of benzene rings is 2. The Bertz CT molecular complexity index is 908. The molecule has 0 saturated carbocycles. The Hall–Kier alpha value is -1.90. The molecule has 0 bridgehead atoms. The fraction of sp³-hybridized carbons (Fsp3) is 0.316. The summed E-state index contributed by atoms with van der Waals surface area (Å²) in [6.07, 6.45) is 0. The number of amides is 1. The molecule has 2 aromatic rings. The predicted molar refractivity (Wildman–Crippen MR) is 113 cm³/mol. The van der Waals surface area contributed by atoms with Crippen LogP contribution in [0.1, 0.15) is 24.2 Å². The molecule has 0 aliphatic carbocycles. The maximum absolute atomic E-state index is 12.8. The van der Waals surface area contributed by atoms with Gasteiger partial charge in [0.2, 0.25) is 10.0 Å². The lowest BCUT2D eigenvalue weighted by Gasteiger charge is -2.22. The van der Waals surface area contributed by atoms with E-state index >= 15 is 0 Å². The van der Waals surface area contributed by atoms with Crippen LogP contribution in [0.4, 0.5) is 11.4 Å². The van der Waals surface area contributed by atoms with Crippen molar-refractivity contribution < 1.29 is 13.2 Å². The third-order valence-corrected chi connectivity index (χ3v) is 6.72. The second kappa shape index (κ2) is 8.86. The van der Waals surface area contributed by atoms with E-state index in [4.69, 9.17) is 0 Å². The molecule has 1 N–H and O–H groups in total. The summed E-state index contributed by atoms with van der Waals surface area (Å²) in [7, 11) is 0.0581. The molecule has 0 saturated heterocycles. The molecule has 8 heteroatoms. The normalized spacial score (nSPS) is 11.5. The zero-order chi connectivity index (χ0) is 20.2. The first-order chi connectivity index (χ1) is 12.7. The zero-order valence-electron chi connectivity index (χ0n) is 15.9. The van der Waals surface area contributed by atoms with Crippen LogP contribution < -0.4 is 10.2 Å². The summed E-state index contributed by atoms with van der Waals surface area (Å²) in [6, 6.07) is 11.7. The standard InChI is InChI=1S/C19H24BrN3O3S/c1-5-23(6-2)27(25,26)16-11-12-18(22(3)4)17(13-16)21-19(24)14-7-9-15(20)10-8-14/h7-13H,5-6H2,1-4H3,(H,21,24). The van der Waals surface area contributed by atoms with Crippen LogP contribution in [0, 0.1) is 0 Å². The van der Waals surface area contributed by atoms with Crippen LogP contribution in [0.2, 0.25) is 0 Å². The van der Waals surface area contributed by atoms with Crippen LogP contribution in [0.15, 0.2) is 51.8 Å². The molecular formula is C19H24BrN3O3S. The van der Waals surface area contributed by atoms with Gasteiger partial charge < -0.3 is 10.2 Å². The van der Waals surface area contributed by atoms with Gasteiger partial charge in [-0.1, -0.05) is 29.8 Å². The van der Waals surface area contributed by atoms with Crippen molar-refractivity contribution in [2.24, 2.45) is 0 Å². The summed E-state index contributed by atoms with van der Waals surface area (Å²) in [5.74, 6) is -0.303. The molecule has 6 nitrogen and oxygen atoms in total. The van der Waals surface area contributed by atoms with Crippen molar-refractivity contribution in [3.8, 4) is 0 Å². The Morgan fingerprint density at radius 1 is 1.04 bits per heavy atom. The molecule has 0 aliphatic heterocycles. The summed E-state index contributed by atoms with van der Waals surface area (Å²) in [5.41, 5.74) is 1.65. The first-order valence-electron chi connectivity index (χ1n) is 8.59. The van der Waals surface area contributed by atoms with Gasteiger partial charge in [0.25, 0.3) is 5.91 Å². The Morgan fingerprint density at radius 3 is 2.15 bits per heavy atom. The van der Waals surface area contributed by atoms with Gasteiger partial charge >= 0.3 is 0 Å². The average molecular weight is 454 g/mol. The zero-order valence-corrected chi connectivity index (χ0v) is 18.3. The molecule has 1 amide bonds. The third-order valence-electron chi connectivity index (χ3n) is 4.15. The number of hydrogen-bond donors (Lipinski definition) is 1. The molecule has 27 heavy (non-hydrogen) atoms. The van der Waals surface area contributed by atoms with E-state index in [1.807, 2.05) is 19.0 Å². The topological polar surface area (TPSA) is 69.7 Å². The van der Waals surface area contributed by atoms with Crippen LogP contribution >= 0.6 is 15.9 Å². The van der Waals surface area contributed by atoms with Crippen LogP contribution in [0.5, 0.6) is 0 Å². The van der Waals surface area contributed by atoms with Crippen molar-refractivity contribution in [1.82, 2.24) is 4.31 Å². The lowest BCUT2D eigenvalue weighted by molar-refractivity contribution is 0.102. The molecule has 0 fully saturated rings. The number of carbonyl (C=O) groups excluding carboxylic acids is 1. The van der Waals surface area contributed by atoms with E-state index in [0.717, 1.165) is 10.2 Å². The van der Waals surface area contributed by atoms with E-state index in [9.17, 15) is 13.2 Å². The minimum absolute atomic E-state index is 0.155. The quantitative estimate of drug-likeness (QED) is 0.691. The Balaban J connectivity index is 2.44. The average Bonchev–Trinajstić information content (AvgIpc) is 2.62. The van der Waals surface area contributed by atoms with Crippen molar-refractivity contribution in [2.45, 2.75) is 18.7 Å². The van der Waals surface area contributed by atoms with E-state index in [1.165, 1.54) is 10.4 Å². The van der Waals surface area contributed by atoms with E-state index in [2.05, 4.69) is 21.2 Å². The molecule has 0 heterocycles. The monoisotopic (exact) mass is 453 g/mol. The number of nitrogens with zero attached hydrogens (tertiary/aromatic N) is 2. The van der Waals surface area contributed by atoms with Gasteiger partial charge in [0, 0.05) is 37.2 Å². The lowest BCUT2D eigenvalue weighted by atomic mass is 10.2. The molecule has 0 aromatic heterocycles. The van der Waals surface area contributed by atoms with Crippen molar-refractivity contribution >= 4 is 43.2 Å². The van der Waals surface area contributed by atoms with Crippen LogP contribution in [0.25, 0.3) is 0 Å². The van der Waals surface area contributed by atoms with Gasteiger partial charge in [-0.3, -0.25) is 4.79 Å². The van der Waals surface area contributed by atoms with E-state index in [1.54, 1.807) is 50.2 Å². The molecule has 0 aliphatic rings. The molecule has 2 rings (SSSR count). The first kappa shape index (κ1) is 21.4. The molecule has 0 atom stereocenters. The maximum Gasteiger partial charge on any atom is 0.255 e. The highest BCUT2D eigenvalue weighted by Crippen LogP contribution is 2.29. The number of nitrogens with one attached hydrogen (secondary N) is 1. The summed E-state index contributed by atoms with van der Waals surface area (Å²) in [6.45, 7) is 4.36. The lowest BCUT2D eigenvalue weighted by Crippen LogP contribution is -2.30. The van der Waals surface area contributed by atoms with E-state index in [0.29, 0.717) is 24.3 Å². The summed E-state index contributed by atoms with van der Waals surface area (Å²) < 4.78 is 27.9. The smallest absolute Gasteiger partial charge is 0.255 e. The summed E-state index contributed by atoms with van der Waals surface area (Å²) in [4.78, 5) is 14.6. The van der Waals surface area contributed by atoms with Gasteiger partial charge in [0.05, 0.1) is 16.3 Å². The van der Waals surface area contributed by atoms with Crippen molar-refractivity contribution in [2.75, 3.05) is 37.4 Å². The SMILES string of the molecule is CCN(CC)S(=O)(=O)c1ccc(N(C)C)c(NC(=O)c2ccc(Br)cc2)c1. The highest BCUT2D eigenvalue weighted by Gasteiger charge is 2.23. The van der Waals surface area contributed by atoms with Gasteiger partial charge in [-0.2, -0.15) is 4.31 Å². The van der Waals surface area contributed by atoms with Gasteiger partial charge in [-0.25, -0.2) is 8.42 Å². The fourth-order valence-corrected chi connectivity index (χ4v) is 4.42. The van der Waals surface area contributed by atoms with Gasteiger partial charge in [0.15, 0.2) is 0 Å². The maximum atomic E-state index is 12.8. The Labute approximate surface area is 169 Å². The van der Waals surface area contributed by atoms with Gasteiger partial charge in [-0.15, -0.1) is 0 Å². The number of halogens is 1. The van der Waals surface area contributed by atoms with Gasteiger partial charge in [0.1, 0.15) is 0 Å². The highest BCUT2D eigenvalue weighted by molar-refractivity contribution is 9.10. The Kier molecular flexibility index (Phi) is 7.02. The molecule has 0 unspecified atom stereocenters. The highest BCUT2D eigenvalue weighted by atomic mass is 79.9. The minimum Gasteiger partial charge on any atom is -0.376 e. The Morgan fingerprint density at radius 2 is 1.63 bits per heavy atom. The summed E-state index contributed by atoms with van der Waals surface area (Å²) >= 11 is 3.34. The fourth-order valence-electron chi connectivity index (χ4n) is 2.67. The van der Waals surface area contributed by atoms with Crippen LogP contribution in [-0.2, 0) is 10.0 Å². The number of sulfonamides is 1. The van der Waals surface area contributed by atoms with Crippen molar-refractivity contribution in [3.05, 3.63) is 52.5 Å². The van der Waals surface area contributed by atoms with Crippen molar-refractivity contribution in [3.63, 3.8) is 0 Å². The second-order valence-electron chi connectivity index (χ2n) is 6.12. The van der Waals surface area contributed by atoms with Crippen molar-refractivity contribution in [1.29, 1.82) is 0 Å². The number of hydrogen-bond acceptors (Lipinski definition) is 4. The van der Waals surface area contributed by atoms with Crippen LogP contribution in [0.3, 0.4) is 0 Å². The molecule has 0 spiro atoms. The molecular weight excluding hydrogens is 430 g/mol. The largest absolute Gasteiger partial charge is 0.376 e. The minimum atomic E-state index is -3.61. The predicted octanol–water partition coefficient (Wildman–Crippen LogP) is 3.80.